The maximum Gasteiger partial charge on any atom is 0.237 e. The molecule has 0 radical (unpaired) electrons. The van der Waals surface area contributed by atoms with Gasteiger partial charge >= 0.3 is 0 Å². The number of piperidine rings is 1. The summed E-state index contributed by atoms with van der Waals surface area (Å²) in [6, 6.07) is 0.337. The number of amides is 2. The Labute approximate surface area is 129 Å². The van der Waals surface area contributed by atoms with E-state index < -0.39 is 0 Å². The van der Waals surface area contributed by atoms with Crippen molar-refractivity contribution >= 4 is 11.8 Å². The summed E-state index contributed by atoms with van der Waals surface area (Å²) in [5.74, 6) is 0.184. The molecule has 1 unspecified atom stereocenters. The van der Waals surface area contributed by atoms with E-state index in [0.717, 1.165) is 38.8 Å². The Morgan fingerprint density at radius 3 is 2.57 bits per heavy atom. The van der Waals surface area contributed by atoms with Crippen LogP contribution in [-0.2, 0) is 9.59 Å². The lowest BCUT2D eigenvalue weighted by atomic mass is 10.0. The Hall–Kier alpha value is -1.10. The van der Waals surface area contributed by atoms with Crippen molar-refractivity contribution in [1.82, 2.24) is 15.1 Å². The number of likely N-dealkylation sites (tertiary alicyclic amines) is 1. The zero-order valence-corrected chi connectivity index (χ0v) is 13.9. The summed E-state index contributed by atoms with van der Waals surface area (Å²) in [5, 5.41) is 2.88. The van der Waals surface area contributed by atoms with E-state index in [0.29, 0.717) is 25.7 Å². The second-order valence-corrected chi connectivity index (χ2v) is 5.99. The summed E-state index contributed by atoms with van der Waals surface area (Å²) in [5.41, 5.74) is 0. The molecular weight excluding hydrogens is 266 g/mol. The molecule has 1 saturated heterocycles. The van der Waals surface area contributed by atoms with E-state index in [2.05, 4.69) is 19.2 Å². The molecule has 2 amide bonds. The first kappa shape index (κ1) is 18.0. The molecule has 0 spiro atoms. The normalized spacial score (nSPS) is 18.9. The minimum atomic E-state index is 0.0183. The standard InChI is InChI=1S/C16H31N3O2/c1-4-9-17-15(20)12-18(10-5-2)13-16(21)19-11-7-6-8-14(19)3/h14H,4-13H2,1-3H3,(H,17,20). The molecule has 5 nitrogen and oxygen atoms in total. The van der Waals surface area contributed by atoms with E-state index in [1.54, 1.807) is 0 Å². The van der Waals surface area contributed by atoms with Gasteiger partial charge in [0.2, 0.25) is 11.8 Å². The van der Waals surface area contributed by atoms with Crippen LogP contribution in [0.2, 0.25) is 0 Å². The van der Waals surface area contributed by atoms with E-state index in [9.17, 15) is 9.59 Å². The van der Waals surface area contributed by atoms with Crippen LogP contribution in [0.4, 0.5) is 0 Å². The van der Waals surface area contributed by atoms with Gasteiger partial charge in [-0.15, -0.1) is 0 Å². The van der Waals surface area contributed by atoms with Crippen molar-refractivity contribution in [2.24, 2.45) is 0 Å². The van der Waals surface area contributed by atoms with Crippen molar-refractivity contribution in [3.05, 3.63) is 0 Å². The van der Waals surface area contributed by atoms with Crippen LogP contribution in [0, 0.1) is 0 Å². The molecule has 0 aromatic heterocycles. The predicted molar refractivity (Wildman–Crippen MR) is 85.1 cm³/mol. The lowest BCUT2D eigenvalue weighted by Gasteiger charge is -2.35. The topological polar surface area (TPSA) is 52.7 Å². The summed E-state index contributed by atoms with van der Waals surface area (Å²) in [6.45, 7) is 9.26. The fourth-order valence-corrected chi connectivity index (χ4v) is 2.80. The molecule has 1 N–H and O–H groups in total. The van der Waals surface area contributed by atoms with Gasteiger partial charge < -0.3 is 10.2 Å². The van der Waals surface area contributed by atoms with Crippen molar-refractivity contribution < 1.29 is 9.59 Å². The van der Waals surface area contributed by atoms with Gasteiger partial charge in [-0.3, -0.25) is 14.5 Å². The first-order chi connectivity index (χ1) is 10.1. The molecule has 122 valence electrons. The lowest BCUT2D eigenvalue weighted by Crippen LogP contribution is -2.48. The predicted octanol–water partition coefficient (Wildman–Crippen LogP) is 1.63. The molecule has 5 heteroatoms. The highest BCUT2D eigenvalue weighted by molar-refractivity contribution is 5.81. The average Bonchev–Trinajstić information content (AvgIpc) is 2.45. The molecule has 0 saturated carbocycles. The highest BCUT2D eigenvalue weighted by Gasteiger charge is 2.24. The van der Waals surface area contributed by atoms with Gasteiger partial charge in [0.15, 0.2) is 0 Å². The third-order valence-electron chi connectivity index (χ3n) is 3.96. The maximum absolute atomic E-state index is 12.4. The van der Waals surface area contributed by atoms with Crippen LogP contribution in [0.25, 0.3) is 0 Å². The Morgan fingerprint density at radius 2 is 1.95 bits per heavy atom. The number of rotatable bonds is 8. The van der Waals surface area contributed by atoms with E-state index in [1.165, 1.54) is 6.42 Å². The molecule has 0 aromatic rings. The van der Waals surface area contributed by atoms with Gasteiger partial charge in [-0.2, -0.15) is 0 Å². The van der Waals surface area contributed by atoms with Gasteiger partial charge in [-0.25, -0.2) is 0 Å². The quantitative estimate of drug-likeness (QED) is 0.741. The first-order valence-electron chi connectivity index (χ1n) is 8.37. The Kier molecular flexibility index (Phi) is 8.35. The van der Waals surface area contributed by atoms with E-state index in [-0.39, 0.29) is 11.8 Å². The van der Waals surface area contributed by atoms with Gasteiger partial charge in [0.05, 0.1) is 13.1 Å². The summed E-state index contributed by atoms with van der Waals surface area (Å²) in [6.07, 6.45) is 5.29. The first-order valence-corrected chi connectivity index (χ1v) is 8.37. The third kappa shape index (κ3) is 6.46. The highest BCUT2D eigenvalue weighted by Crippen LogP contribution is 2.16. The van der Waals surface area contributed by atoms with Crippen LogP contribution in [0.5, 0.6) is 0 Å². The summed E-state index contributed by atoms with van der Waals surface area (Å²) in [7, 11) is 0. The SMILES string of the molecule is CCCNC(=O)CN(CCC)CC(=O)N1CCCCC1C. The lowest BCUT2D eigenvalue weighted by molar-refractivity contribution is -0.136. The van der Waals surface area contributed by atoms with Crippen LogP contribution >= 0.6 is 0 Å². The van der Waals surface area contributed by atoms with Gasteiger partial charge in [0.1, 0.15) is 0 Å². The van der Waals surface area contributed by atoms with E-state index in [4.69, 9.17) is 0 Å². The minimum Gasteiger partial charge on any atom is -0.355 e. The molecule has 0 aliphatic carbocycles. The Morgan fingerprint density at radius 1 is 1.19 bits per heavy atom. The number of carbonyl (C=O) groups excluding carboxylic acids is 2. The number of hydrogen-bond acceptors (Lipinski definition) is 3. The average molecular weight is 297 g/mol. The second-order valence-electron chi connectivity index (χ2n) is 5.99. The fraction of sp³-hybridized carbons (Fsp3) is 0.875. The highest BCUT2D eigenvalue weighted by atomic mass is 16.2. The number of nitrogens with zero attached hydrogens (tertiary/aromatic N) is 2. The molecule has 21 heavy (non-hydrogen) atoms. The van der Waals surface area contributed by atoms with Crippen LogP contribution in [0.1, 0.15) is 52.9 Å². The molecule has 1 fully saturated rings. The van der Waals surface area contributed by atoms with E-state index >= 15 is 0 Å². The third-order valence-corrected chi connectivity index (χ3v) is 3.96. The molecule has 1 atom stereocenters. The van der Waals surface area contributed by atoms with Crippen LogP contribution < -0.4 is 5.32 Å². The number of carbonyl (C=O) groups is 2. The minimum absolute atomic E-state index is 0.0183. The fourth-order valence-electron chi connectivity index (χ4n) is 2.80. The van der Waals surface area contributed by atoms with Gasteiger partial charge in [0, 0.05) is 19.1 Å². The van der Waals surface area contributed by atoms with Crippen molar-refractivity contribution in [2.75, 3.05) is 32.7 Å². The Balaban J connectivity index is 2.48. The van der Waals surface area contributed by atoms with Crippen molar-refractivity contribution in [3.8, 4) is 0 Å². The molecule has 1 aliphatic heterocycles. The van der Waals surface area contributed by atoms with Crippen molar-refractivity contribution in [2.45, 2.75) is 58.9 Å². The van der Waals surface area contributed by atoms with E-state index in [1.807, 2.05) is 16.7 Å². The van der Waals surface area contributed by atoms with Gasteiger partial charge in [0.25, 0.3) is 0 Å². The number of hydrogen-bond donors (Lipinski definition) is 1. The Bertz CT molecular complexity index is 333. The second kappa shape index (κ2) is 9.77. The molecule has 1 aliphatic rings. The van der Waals surface area contributed by atoms with Crippen molar-refractivity contribution in [1.29, 1.82) is 0 Å². The molecule has 1 rings (SSSR count). The summed E-state index contributed by atoms with van der Waals surface area (Å²) in [4.78, 5) is 28.2. The summed E-state index contributed by atoms with van der Waals surface area (Å²) >= 11 is 0. The smallest absolute Gasteiger partial charge is 0.237 e. The van der Waals surface area contributed by atoms with Gasteiger partial charge in [-0.1, -0.05) is 13.8 Å². The zero-order valence-electron chi connectivity index (χ0n) is 13.9. The molecule has 0 aromatic carbocycles. The summed E-state index contributed by atoms with van der Waals surface area (Å²) < 4.78 is 0. The maximum atomic E-state index is 12.4. The van der Waals surface area contributed by atoms with Crippen molar-refractivity contribution in [3.63, 3.8) is 0 Å². The van der Waals surface area contributed by atoms with Crippen LogP contribution in [0.15, 0.2) is 0 Å². The monoisotopic (exact) mass is 297 g/mol. The largest absolute Gasteiger partial charge is 0.355 e. The molecule has 0 bridgehead atoms. The van der Waals surface area contributed by atoms with Crippen LogP contribution in [-0.4, -0.2) is 60.4 Å². The zero-order chi connectivity index (χ0) is 15.7. The number of nitrogens with one attached hydrogen (secondary N) is 1. The van der Waals surface area contributed by atoms with Gasteiger partial charge in [-0.05, 0) is 45.6 Å². The molecular formula is C16H31N3O2. The molecule has 1 heterocycles. The van der Waals surface area contributed by atoms with Crippen LogP contribution in [0.3, 0.4) is 0 Å².